The van der Waals surface area contributed by atoms with Gasteiger partial charge >= 0.3 is 5.63 Å². The van der Waals surface area contributed by atoms with Gasteiger partial charge < -0.3 is 23.9 Å². The quantitative estimate of drug-likeness (QED) is 0.550. The number of fused-ring (bicyclic) bond motifs is 1. The monoisotopic (exact) mass is 425 g/mol. The summed E-state index contributed by atoms with van der Waals surface area (Å²) in [7, 11) is 4.72. The lowest BCUT2D eigenvalue weighted by molar-refractivity contribution is -0.121. The minimum Gasteiger partial charge on any atom is -0.497 e. The van der Waals surface area contributed by atoms with Crippen LogP contribution in [-0.4, -0.2) is 27.2 Å². The van der Waals surface area contributed by atoms with Crippen LogP contribution in [0.5, 0.6) is 17.2 Å². The lowest BCUT2D eigenvalue weighted by Crippen LogP contribution is -2.27. The van der Waals surface area contributed by atoms with Crippen LogP contribution in [0, 0.1) is 6.92 Å². The molecule has 1 N–H and O–H groups in total. The van der Waals surface area contributed by atoms with Gasteiger partial charge in [0.15, 0.2) is 0 Å². The second-order valence-corrected chi connectivity index (χ2v) is 7.25. The second-order valence-electron chi connectivity index (χ2n) is 7.25. The van der Waals surface area contributed by atoms with Gasteiger partial charge in [0.05, 0.1) is 27.4 Å². The molecule has 0 aliphatic carbocycles. The van der Waals surface area contributed by atoms with Gasteiger partial charge in [-0.1, -0.05) is 0 Å². The third-order valence-corrected chi connectivity index (χ3v) is 5.38. The Kier molecular flexibility index (Phi) is 6.84. The fraction of sp³-hybridized carbons (Fsp3) is 0.333. The van der Waals surface area contributed by atoms with Gasteiger partial charge in [0.2, 0.25) is 5.91 Å². The maximum atomic E-state index is 12.6. The molecule has 0 fully saturated rings. The number of nitrogens with one attached hydrogen (secondary N) is 1. The molecule has 0 aliphatic rings. The maximum absolute atomic E-state index is 12.6. The smallest absolute Gasteiger partial charge is 0.339 e. The van der Waals surface area contributed by atoms with Crippen molar-refractivity contribution in [1.82, 2.24) is 5.32 Å². The van der Waals surface area contributed by atoms with Gasteiger partial charge in [-0.05, 0) is 56.2 Å². The second kappa shape index (κ2) is 9.55. The van der Waals surface area contributed by atoms with E-state index in [0.29, 0.717) is 28.4 Å². The average Bonchev–Trinajstić information content (AvgIpc) is 2.77. The molecule has 7 nitrogen and oxygen atoms in total. The predicted octanol–water partition coefficient (Wildman–Crippen LogP) is 3.94. The Balaban J connectivity index is 1.74. The van der Waals surface area contributed by atoms with Crippen molar-refractivity contribution in [3.05, 3.63) is 63.5 Å². The predicted molar refractivity (Wildman–Crippen MR) is 118 cm³/mol. The van der Waals surface area contributed by atoms with E-state index in [1.165, 1.54) is 0 Å². The van der Waals surface area contributed by atoms with Gasteiger partial charge in [-0.25, -0.2) is 4.79 Å². The molecule has 0 bridgehead atoms. The molecule has 31 heavy (non-hydrogen) atoms. The summed E-state index contributed by atoms with van der Waals surface area (Å²) in [5, 5.41) is 3.78. The molecular weight excluding hydrogens is 398 g/mol. The number of carbonyl (C=O) groups excluding carboxylic acids is 1. The molecule has 1 heterocycles. The third kappa shape index (κ3) is 4.82. The SMILES string of the molecule is COc1ccc(OC)c([C@@H](C)NC(=O)CCc2c(C)c3ccc(OC)cc3oc2=O)c1. The van der Waals surface area contributed by atoms with Gasteiger partial charge in [0.1, 0.15) is 22.8 Å². The van der Waals surface area contributed by atoms with Gasteiger partial charge in [-0.2, -0.15) is 0 Å². The Morgan fingerprint density at radius 2 is 1.71 bits per heavy atom. The van der Waals surface area contributed by atoms with Crippen LogP contribution in [0.3, 0.4) is 0 Å². The number of rotatable bonds is 8. The van der Waals surface area contributed by atoms with Crippen LogP contribution in [-0.2, 0) is 11.2 Å². The first-order chi connectivity index (χ1) is 14.9. The van der Waals surface area contributed by atoms with Gasteiger partial charge in [-0.3, -0.25) is 4.79 Å². The Bertz CT molecular complexity index is 1150. The summed E-state index contributed by atoms with van der Waals surface area (Å²) < 4.78 is 21.3. The molecule has 0 saturated carbocycles. The number of carbonyl (C=O) groups is 1. The standard InChI is InChI=1S/C24H27NO6/c1-14-18-8-6-17(29-4)13-22(18)31-24(27)19(14)9-11-23(26)25-15(2)20-12-16(28-3)7-10-21(20)30-5/h6-8,10,12-13,15H,9,11H2,1-5H3,(H,25,26)/t15-/m1/s1. The van der Waals surface area contributed by atoms with Crippen molar-refractivity contribution < 1.29 is 23.4 Å². The zero-order valence-corrected chi connectivity index (χ0v) is 18.4. The molecule has 3 aromatic rings. The van der Waals surface area contributed by atoms with E-state index in [1.54, 1.807) is 39.5 Å². The molecular formula is C24H27NO6. The fourth-order valence-corrected chi connectivity index (χ4v) is 3.60. The highest BCUT2D eigenvalue weighted by atomic mass is 16.5. The molecule has 1 amide bonds. The Hall–Kier alpha value is -3.48. The van der Waals surface area contributed by atoms with Crippen LogP contribution >= 0.6 is 0 Å². The van der Waals surface area contributed by atoms with Gasteiger partial charge in [-0.15, -0.1) is 0 Å². The number of methoxy groups -OCH3 is 3. The maximum Gasteiger partial charge on any atom is 0.339 e. The number of aryl methyl sites for hydroxylation is 1. The largest absolute Gasteiger partial charge is 0.497 e. The van der Waals surface area contributed by atoms with Crippen molar-refractivity contribution >= 4 is 16.9 Å². The molecule has 0 unspecified atom stereocenters. The van der Waals surface area contributed by atoms with E-state index < -0.39 is 5.63 Å². The minimum absolute atomic E-state index is 0.157. The van der Waals surface area contributed by atoms with Crippen molar-refractivity contribution in [2.75, 3.05) is 21.3 Å². The molecule has 164 valence electrons. The highest BCUT2D eigenvalue weighted by Gasteiger charge is 2.17. The lowest BCUT2D eigenvalue weighted by Gasteiger charge is -2.18. The normalized spacial score (nSPS) is 11.8. The molecule has 1 atom stereocenters. The van der Waals surface area contributed by atoms with Crippen molar-refractivity contribution in [2.24, 2.45) is 0 Å². The Labute approximate surface area is 180 Å². The molecule has 7 heteroatoms. The van der Waals surface area contributed by atoms with E-state index in [4.69, 9.17) is 18.6 Å². The van der Waals surface area contributed by atoms with Crippen molar-refractivity contribution in [3.8, 4) is 17.2 Å². The van der Waals surface area contributed by atoms with E-state index >= 15 is 0 Å². The first-order valence-corrected chi connectivity index (χ1v) is 9.99. The van der Waals surface area contributed by atoms with Gasteiger partial charge in [0, 0.05) is 29.0 Å². The molecule has 1 aromatic heterocycles. The highest BCUT2D eigenvalue weighted by Crippen LogP contribution is 2.29. The first-order valence-electron chi connectivity index (χ1n) is 9.99. The fourth-order valence-electron chi connectivity index (χ4n) is 3.60. The number of amides is 1. The van der Waals surface area contributed by atoms with Crippen molar-refractivity contribution in [3.63, 3.8) is 0 Å². The summed E-state index contributed by atoms with van der Waals surface area (Å²) in [6, 6.07) is 10.5. The third-order valence-electron chi connectivity index (χ3n) is 5.38. The molecule has 0 spiro atoms. The van der Waals surface area contributed by atoms with E-state index in [9.17, 15) is 9.59 Å². The molecule has 3 rings (SSSR count). The van der Waals surface area contributed by atoms with E-state index in [-0.39, 0.29) is 24.8 Å². The van der Waals surface area contributed by atoms with Crippen LogP contribution in [0.4, 0.5) is 0 Å². The van der Waals surface area contributed by atoms with Crippen molar-refractivity contribution in [2.45, 2.75) is 32.7 Å². The summed E-state index contributed by atoms with van der Waals surface area (Å²) in [5.41, 5.74) is 2.15. The summed E-state index contributed by atoms with van der Waals surface area (Å²) in [6.07, 6.45) is 0.438. The summed E-state index contributed by atoms with van der Waals surface area (Å²) in [4.78, 5) is 25.1. The Morgan fingerprint density at radius 1 is 1.03 bits per heavy atom. The average molecular weight is 425 g/mol. The van der Waals surface area contributed by atoms with Crippen LogP contribution in [0.15, 0.2) is 45.6 Å². The molecule has 2 aromatic carbocycles. The first kappa shape index (κ1) is 22.2. The number of ether oxygens (including phenoxy) is 3. The zero-order chi connectivity index (χ0) is 22.5. The van der Waals surface area contributed by atoms with Crippen molar-refractivity contribution in [1.29, 1.82) is 0 Å². The Morgan fingerprint density at radius 3 is 2.39 bits per heavy atom. The number of hydrogen-bond acceptors (Lipinski definition) is 6. The summed E-state index contributed by atoms with van der Waals surface area (Å²) in [6.45, 7) is 3.74. The van der Waals surface area contributed by atoms with Crippen LogP contribution in [0.2, 0.25) is 0 Å². The lowest BCUT2D eigenvalue weighted by atomic mass is 10.0. The molecule has 0 saturated heterocycles. The molecule has 0 radical (unpaired) electrons. The summed E-state index contributed by atoms with van der Waals surface area (Å²) in [5.74, 6) is 1.78. The van der Waals surface area contributed by atoms with E-state index in [2.05, 4.69) is 5.32 Å². The van der Waals surface area contributed by atoms with Crippen LogP contribution < -0.4 is 25.2 Å². The van der Waals surface area contributed by atoms with Crippen LogP contribution in [0.1, 0.15) is 36.1 Å². The topological polar surface area (TPSA) is 87.0 Å². The van der Waals surface area contributed by atoms with Crippen LogP contribution in [0.25, 0.3) is 11.0 Å². The molecule has 0 aliphatic heterocycles. The highest BCUT2D eigenvalue weighted by molar-refractivity contribution is 5.83. The van der Waals surface area contributed by atoms with Gasteiger partial charge in [0.25, 0.3) is 0 Å². The van der Waals surface area contributed by atoms with E-state index in [1.807, 2.05) is 32.0 Å². The van der Waals surface area contributed by atoms with E-state index in [0.717, 1.165) is 16.5 Å². The number of benzene rings is 2. The summed E-state index contributed by atoms with van der Waals surface area (Å²) >= 11 is 0. The zero-order valence-electron chi connectivity index (χ0n) is 18.4. The minimum atomic E-state index is -0.437. The number of hydrogen-bond donors (Lipinski definition) is 1.